The number of sulfonamides is 1. The molecule has 0 saturated heterocycles. The maximum Gasteiger partial charge on any atom is 0.264 e. The van der Waals surface area contributed by atoms with Crippen LogP contribution in [0.25, 0.3) is 0 Å². The number of rotatable bonds is 14. The van der Waals surface area contributed by atoms with Gasteiger partial charge in [0.2, 0.25) is 0 Å². The molecule has 0 aliphatic heterocycles. The standard InChI is InChI=1S/C32H32ClN3O6S/c1-3-40-29-16-9-8-15-28(29)36(43(38,39)27-13-6-5-7-14-27)22-32(37)35-34-21-24-17-18-30(31(20-24)41-4-2)42-23-25-11-10-12-26(33)19-25/h5-21H,3-4,22-23H2,1-2H3,(H,35,37)/b34-21+. The predicted molar refractivity (Wildman–Crippen MR) is 168 cm³/mol. The fourth-order valence-corrected chi connectivity index (χ4v) is 5.75. The highest BCUT2D eigenvalue weighted by Gasteiger charge is 2.29. The number of amides is 1. The Morgan fingerprint density at radius 3 is 2.30 bits per heavy atom. The van der Waals surface area contributed by atoms with Gasteiger partial charge in [0.15, 0.2) is 11.5 Å². The average Bonchev–Trinajstić information content (AvgIpc) is 3.01. The summed E-state index contributed by atoms with van der Waals surface area (Å²) < 4.78 is 45.6. The molecule has 4 rings (SSSR count). The number of anilines is 1. The van der Waals surface area contributed by atoms with Gasteiger partial charge in [0.1, 0.15) is 18.9 Å². The predicted octanol–water partition coefficient (Wildman–Crippen LogP) is 6.06. The first-order chi connectivity index (χ1) is 20.8. The quantitative estimate of drug-likeness (QED) is 0.135. The van der Waals surface area contributed by atoms with Crippen LogP contribution >= 0.6 is 11.6 Å². The Kier molecular flexibility index (Phi) is 11.0. The fourth-order valence-electron chi connectivity index (χ4n) is 4.09. The summed E-state index contributed by atoms with van der Waals surface area (Å²) in [5, 5.41) is 4.67. The molecule has 0 fully saturated rings. The Balaban J connectivity index is 1.49. The second-order valence-corrected chi connectivity index (χ2v) is 11.4. The van der Waals surface area contributed by atoms with Crippen molar-refractivity contribution in [1.82, 2.24) is 5.43 Å². The molecule has 0 aromatic heterocycles. The molecule has 0 radical (unpaired) electrons. The van der Waals surface area contributed by atoms with E-state index in [0.29, 0.717) is 47.7 Å². The van der Waals surface area contributed by atoms with Crippen LogP contribution in [0.4, 0.5) is 5.69 Å². The summed E-state index contributed by atoms with van der Waals surface area (Å²) in [6.07, 6.45) is 1.44. The third-order valence-electron chi connectivity index (χ3n) is 6.01. The van der Waals surface area contributed by atoms with E-state index in [0.717, 1.165) is 9.87 Å². The first-order valence-corrected chi connectivity index (χ1v) is 15.4. The molecule has 0 aliphatic rings. The Morgan fingerprint density at radius 1 is 0.837 bits per heavy atom. The van der Waals surface area contributed by atoms with E-state index in [4.69, 9.17) is 25.8 Å². The van der Waals surface area contributed by atoms with Crippen LogP contribution < -0.4 is 23.9 Å². The van der Waals surface area contributed by atoms with Crippen LogP contribution in [0.15, 0.2) is 107 Å². The minimum Gasteiger partial charge on any atom is -0.492 e. The van der Waals surface area contributed by atoms with Gasteiger partial charge in [-0.15, -0.1) is 0 Å². The van der Waals surface area contributed by atoms with Crippen LogP contribution in [0.2, 0.25) is 5.02 Å². The number of carbonyl (C=O) groups excluding carboxylic acids is 1. The lowest BCUT2D eigenvalue weighted by Gasteiger charge is -2.25. The van der Waals surface area contributed by atoms with Crippen molar-refractivity contribution in [2.75, 3.05) is 24.1 Å². The lowest BCUT2D eigenvalue weighted by Crippen LogP contribution is -2.39. The largest absolute Gasteiger partial charge is 0.492 e. The SMILES string of the molecule is CCOc1cc(/C=N/NC(=O)CN(c2ccccc2OCC)S(=O)(=O)c2ccccc2)ccc1OCc1cccc(Cl)c1. The molecular weight excluding hydrogens is 590 g/mol. The molecule has 224 valence electrons. The zero-order valence-electron chi connectivity index (χ0n) is 23.8. The van der Waals surface area contributed by atoms with E-state index in [1.54, 1.807) is 73.7 Å². The minimum absolute atomic E-state index is 0.0405. The van der Waals surface area contributed by atoms with Crippen molar-refractivity contribution in [2.24, 2.45) is 5.10 Å². The van der Waals surface area contributed by atoms with Crippen molar-refractivity contribution in [2.45, 2.75) is 25.3 Å². The number of para-hydroxylation sites is 2. The normalized spacial score (nSPS) is 11.2. The molecule has 0 unspecified atom stereocenters. The van der Waals surface area contributed by atoms with Gasteiger partial charge in [-0.1, -0.05) is 54.1 Å². The Labute approximate surface area is 256 Å². The molecular formula is C32H32ClN3O6S. The number of carbonyl (C=O) groups is 1. The van der Waals surface area contributed by atoms with E-state index >= 15 is 0 Å². The van der Waals surface area contributed by atoms with Crippen LogP contribution in [0.3, 0.4) is 0 Å². The van der Waals surface area contributed by atoms with Crippen molar-refractivity contribution in [3.05, 3.63) is 113 Å². The highest BCUT2D eigenvalue weighted by atomic mass is 35.5. The Bertz CT molecular complexity index is 1660. The first-order valence-electron chi connectivity index (χ1n) is 13.6. The van der Waals surface area contributed by atoms with E-state index in [9.17, 15) is 13.2 Å². The van der Waals surface area contributed by atoms with Gasteiger partial charge in [-0.2, -0.15) is 5.10 Å². The van der Waals surface area contributed by atoms with Gasteiger partial charge in [-0.05, 0) is 79.6 Å². The summed E-state index contributed by atoms with van der Waals surface area (Å²) in [5.74, 6) is 0.737. The fraction of sp³-hybridized carbons (Fsp3) is 0.188. The maximum absolute atomic E-state index is 13.6. The van der Waals surface area contributed by atoms with Gasteiger partial charge in [-0.25, -0.2) is 13.8 Å². The maximum atomic E-state index is 13.6. The van der Waals surface area contributed by atoms with Crippen LogP contribution in [0, 0.1) is 0 Å². The molecule has 4 aromatic carbocycles. The zero-order valence-corrected chi connectivity index (χ0v) is 25.3. The molecule has 0 spiro atoms. The number of ether oxygens (including phenoxy) is 3. The highest BCUT2D eigenvalue weighted by molar-refractivity contribution is 7.92. The van der Waals surface area contributed by atoms with Crippen molar-refractivity contribution in [3.63, 3.8) is 0 Å². The lowest BCUT2D eigenvalue weighted by molar-refractivity contribution is -0.119. The monoisotopic (exact) mass is 621 g/mol. The molecule has 0 heterocycles. The summed E-state index contributed by atoms with van der Waals surface area (Å²) in [7, 11) is -4.11. The average molecular weight is 622 g/mol. The number of nitrogens with one attached hydrogen (secondary N) is 1. The molecule has 1 N–H and O–H groups in total. The van der Waals surface area contributed by atoms with E-state index in [2.05, 4.69) is 10.5 Å². The molecule has 0 bridgehead atoms. The summed E-state index contributed by atoms with van der Waals surface area (Å²) in [4.78, 5) is 13.0. The Morgan fingerprint density at radius 2 is 1.56 bits per heavy atom. The van der Waals surface area contributed by atoms with Crippen molar-refractivity contribution < 1.29 is 27.4 Å². The van der Waals surface area contributed by atoms with Gasteiger partial charge in [0, 0.05) is 5.02 Å². The lowest BCUT2D eigenvalue weighted by atomic mass is 10.2. The topological polar surface area (TPSA) is 107 Å². The number of hydrazone groups is 1. The summed E-state index contributed by atoms with van der Waals surface area (Å²) in [6.45, 7) is 4.17. The smallest absolute Gasteiger partial charge is 0.264 e. The molecule has 0 atom stereocenters. The molecule has 0 aliphatic carbocycles. The number of nitrogens with zero attached hydrogens (tertiary/aromatic N) is 2. The molecule has 9 nitrogen and oxygen atoms in total. The molecule has 1 amide bonds. The first kappa shape index (κ1) is 31.4. The van der Waals surface area contributed by atoms with Gasteiger partial charge in [0.05, 0.1) is 30.0 Å². The Hall–Kier alpha value is -4.54. The van der Waals surface area contributed by atoms with Gasteiger partial charge >= 0.3 is 0 Å². The van der Waals surface area contributed by atoms with E-state index < -0.39 is 22.5 Å². The summed E-state index contributed by atoms with van der Waals surface area (Å²) in [5.41, 5.74) is 4.21. The molecule has 4 aromatic rings. The van der Waals surface area contributed by atoms with Gasteiger partial charge < -0.3 is 14.2 Å². The second-order valence-electron chi connectivity index (χ2n) is 9.08. The molecule has 43 heavy (non-hydrogen) atoms. The molecule has 0 saturated carbocycles. The van der Waals surface area contributed by atoms with Gasteiger partial charge in [0.25, 0.3) is 15.9 Å². The van der Waals surface area contributed by atoms with E-state index in [1.165, 1.54) is 18.3 Å². The third-order valence-corrected chi connectivity index (χ3v) is 8.02. The van der Waals surface area contributed by atoms with Gasteiger partial charge in [-0.3, -0.25) is 9.10 Å². The van der Waals surface area contributed by atoms with E-state index in [-0.39, 0.29) is 10.6 Å². The van der Waals surface area contributed by atoms with Crippen molar-refractivity contribution in [3.8, 4) is 17.2 Å². The van der Waals surface area contributed by atoms with Crippen LogP contribution in [0.1, 0.15) is 25.0 Å². The third kappa shape index (κ3) is 8.50. The van der Waals surface area contributed by atoms with Crippen LogP contribution in [-0.4, -0.2) is 40.3 Å². The molecule has 11 heteroatoms. The summed E-state index contributed by atoms with van der Waals surface area (Å²) in [6, 6.07) is 27.2. The highest BCUT2D eigenvalue weighted by Crippen LogP contribution is 2.32. The van der Waals surface area contributed by atoms with Crippen LogP contribution in [-0.2, 0) is 21.4 Å². The van der Waals surface area contributed by atoms with Crippen molar-refractivity contribution >= 4 is 39.4 Å². The minimum atomic E-state index is -4.11. The number of benzene rings is 4. The second kappa shape index (κ2) is 15.1. The van der Waals surface area contributed by atoms with Crippen LogP contribution in [0.5, 0.6) is 17.2 Å². The summed E-state index contributed by atoms with van der Waals surface area (Å²) >= 11 is 6.07. The number of hydrogen-bond donors (Lipinski definition) is 1. The number of halogens is 1. The number of hydrogen-bond acceptors (Lipinski definition) is 7. The zero-order chi connectivity index (χ0) is 30.7. The van der Waals surface area contributed by atoms with E-state index in [1.807, 2.05) is 25.1 Å². The van der Waals surface area contributed by atoms with Crippen molar-refractivity contribution in [1.29, 1.82) is 0 Å².